The highest BCUT2D eigenvalue weighted by atomic mass is 16.5. The second-order valence-electron chi connectivity index (χ2n) is 14.3. The van der Waals surface area contributed by atoms with E-state index < -0.39 is 5.97 Å². The smallest absolute Gasteiger partial charge is 0.303 e. The van der Waals surface area contributed by atoms with Gasteiger partial charge in [0.2, 0.25) is 11.8 Å². The maximum absolute atomic E-state index is 12.0. The number of carbonyl (C=O) groups is 1. The van der Waals surface area contributed by atoms with E-state index in [9.17, 15) is 20.1 Å². The summed E-state index contributed by atoms with van der Waals surface area (Å²) in [6, 6.07) is 6.28. The Bertz CT molecular complexity index is 2190. The number of rotatable bonds is 12. The van der Waals surface area contributed by atoms with Gasteiger partial charge < -0.3 is 30.0 Å². The third-order valence-electron chi connectivity index (χ3n) is 11.1. The predicted molar refractivity (Wildman–Crippen MR) is 203 cm³/mol. The van der Waals surface area contributed by atoms with Crippen molar-refractivity contribution in [2.75, 3.05) is 6.61 Å². The van der Waals surface area contributed by atoms with Gasteiger partial charge in [0.05, 0.1) is 34.0 Å². The third kappa shape index (κ3) is 6.43. The number of carboxylic acids is 1. The lowest BCUT2D eigenvalue weighted by molar-refractivity contribution is -0.137. The Morgan fingerprint density at radius 2 is 1.63 bits per heavy atom. The molecule has 0 saturated carbocycles. The van der Waals surface area contributed by atoms with E-state index in [0.29, 0.717) is 47.4 Å². The number of aromatic hydroxyl groups is 2. The van der Waals surface area contributed by atoms with Crippen molar-refractivity contribution in [3.05, 3.63) is 57.4 Å². The summed E-state index contributed by atoms with van der Waals surface area (Å²) in [7, 11) is 0. The highest BCUT2D eigenvalue weighted by Gasteiger charge is 2.35. The zero-order chi connectivity index (χ0) is 36.7. The molecule has 3 aromatic heterocycles. The molecule has 51 heavy (non-hydrogen) atoms. The Hall–Kier alpha value is -4.57. The van der Waals surface area contributed by atoms with Gasteiger partial charge in [-0.2, -0.15) is 0 Å². The lowest BCUT2D eigenvalue weighted by Crippen LogP contribution is -2.08. The molecule has 0 spiro atoms. The van der Waals surface area contributed by atoms with E-state index >= 15 is 0 Å². The van der Waals surface area contributed by atoms with Gasteiger partial charge in [0.25, 0.3) is 0 Å². The van der Waals surface area contributed by atoms with Crippen molar-refractivity contribution in [1.29, 1.82) is 0 Å². The summed E-state index contributed by atoms with van der Waals surface area (Å²) in [6.07, 6.45) is 4.60. The van der Waals surface area contributed by atoms with E-state index in [4.69, 9.17) is 14.7 Å². The summed E-state index contributed by atoms with van der Waals surface area (Å²) in [5.41, 5.74) is 12.2. The number of aryl methyl sites for hydroxylation is 4. The molecule has 0 saturated heterocycles. The first-order valence-electron chi connectivity index (χ1n) is 18.6. The second-order valence-corrected chi connectivity index (χ2v) is 14.3. The monoisotopic (exact) mass is 695 g/mol. The summed E-state index contributed by atoms with van der Waals surface area (Å²) < 4.78 is 7.93. The number of H-pyrrole nitrogens is 2. The van der Waals surface area contributed by atoms with Crippen LogP contribution in [0.5, 0.6) is 11.8 Å². The molecule has 0 fully saturated rings. The maximum atomic E-state index is 12.0. The van der Waals surface area contributed by atoms with Gasteiger partial charge in [-0.3, -0.25) is 14.3 Å². The van der Waals surface area contributed by atoms with Crippen LogP contribution in [0.1, 0.15) is 130 Å². The number of aromatic amines is 2. The SMILES string of the molecule is CCCCOC(C)c1c(C)c2cc3nc(c4c5nc(cc6[nH]c(cc1[nH]2)c(C)c6CC)c(C)c-5c(O)n(CCCC)c4O)[C@@H](CCC(=O)O)[C@@H]3C. The Labute approximate surface area is 299 Å². The van der Waals surface area contributed by atoms with Crippen LogP contribution in [0.2, 0.25) is 0 Å². The fourth-order valence-electron chi connectivity index (χ4n) is 7.99. The molecular weight excluding hydrogens is 642 g/mol. The molecule has 8 bridgehead atoms. The number of nitrogens with zero attached hydrogens (tertiary/aromatic N) is 3. The van der Waals surface area contributed by atoms with Crippen LogP contribution in [0.15, 0.2) is 18.2 Å². The van der Waals surface area contributed by atoms with E-state index in [1.807, 2.05) is 13.0 Å². The average molecular weight is 696 g/mol. The topological polar surface area (TPSA) is 149 Å². The first-order valence-corrected chi connectivity index (χ1v) is 18.6. The predicted octanol–water partition coefficient (Wildman–Crippen LogP) is 9.83. The van der Waals surface area contributed by atoms with Gasteiger partial charge >= 0.3 is 5.97 Å². The van der Waals surface area contributed by atoms with Crippen molar-refractivity contribution < 1.29 is 24.9 Å². The molecule has 0 aromatic carbocycles. The lowest BCUT2D eigenvalue weighted by Gasteiger charge is -2.20. The number of carboxylic acid groups (broad SMARTS) is 1. The Morgan fingerprint density at radius 3 is 2.31 bits per heavy atom. The normalized spacial score (nSPS) is 16.1. The number of aliphatic carboxylic acids is 1. The molecule has 3 aliphatic heterocycles. The fourth-order valence-corrected chi connectivity index (χ4v) is 7.99. The molecular formula is C41H53N5O5. The minimum atomic E-state index is -0.885. The van der Waals surface area contributed by atoms with Crippen LogP contribution in [0.25, 0.3) is 44.2 Å². The highest BCUT2D eigenvalue weighted by molar-refractivity contribution is 5.96. The molecule has 3 atom stereocenters. The Balaban J connectivity index is 1.81. The molecule has 3 aromatic rings. The van der Waals surface area contributed by atoms with Crippen LogP contribution in [-0.4, -0.2) is 52.4 Å². The highest BCUT2D eigenvalue weighted by Crippen LogP contribution is 2.50. The van der Waals surface area contributed by atoms with Crippen LogP contribution in [0.3, 0.4) is 0 Å². The molecule has 272 valence electrons. The van der Waals surface area contributed by atoms with Gasteiger partial charge in [-0.25, -0.2) is 4.98 Å². The van der Waals surface area contributed by atoms with E-state index in [0.717, 1.165) is 82.1 Å². The molecule has 0 radical (unpaired) electrons. The molecule has 1 unspecified atom stereocenters. The zero-order valence-corrected chi connectivity index (χ0v) is 31.3. The third-order valence-corrected chi connectivity index (χ3v) is 11.1. The molecule has 3 aliphatic rings. The van der Waals surface area contributed by atoms with Crippen LogP contribution >= 0.6 is 0 Å². The number of unbranched alkanes of at least 4 members (excludes halogenated alkanes) is 2. The minimum Gasteiger partial charge on any atom is -0.494 e. The van der Waals surface area contributed by atoms with Gasteiger partial charge in [0.15, 0.2) is 0 Å². The van der Waals surface area contributed by atoms with Crippen molar-refractivity contribution in [2.24, 2.45) is 0 Å². The van der Waals surface area contributed by atoms with E-state index in [1.165, 1.54) is 5.56 Å². The number of ether oxygens (including phenoxy) is 1. The van der Waals surface area contributed by atoms with Crippen LogP contribution in [0.4, 0.5) is 0 Å². The van der Waals surface area contributed by atoms with Crippen molar-refractivity contribution >= 4 is 38.9 Å². The van der Waals surface area contributed by atoms with Crippen molar-refractivity contribution in [2.45, 2.75) is 125 Å². The van der Waals surface area contributed by atoms with Gasteiger partial charge in [0, 0.05) is 64.7 Å². The number of aromatic nitrogens is 5. The molecule has 6 rings (SSSR count). The van der Waals surface area contributed by atoms with E-state index in [2.05, 4.69) is 70.6 Å². The number of hydrogen-bond acceptors (Lipinski definition) is 6. The Kier molecular flexibility index (Phi) is 10.4. The van der Waals surface area contributed by atoms with Crippen molar-refractivity contribution in [3.8, 4) is 23.0 Å². The zero-order valence-electron chi connectivity index (χ0n) is 31.3. The molecule has 10 heteroatoms. The average Bonchev–Trinajstić information content (AvgIpc) is 3.77. The van der Waals surface area contributed by atoms with Crippen molar-refractivity contribution in [3.63, 3.8) is 0 Å². The molecule has 6 heterocycles. The summed E-state index contributed by atoms with van der Waals surface area (Å²) >= 11 is 0. The molecule has 10 nitrogen and oxygen atoms in total. The summed E-state index contributed by atoms with van der Waals surface area (Å²) in [4.78, 5) is 29.7. The van der Waals surface area contributed by atoms with Gasteiger partial charge in [0.1, 0.15) is 0 Å². The first kappa shape index (κ1) is 36.2. The molecule has 0 amide bonds. The largest absolute Gasteiger partial charge is 0.494 e. The standard InChI is InChI=1S/C41H53N5O5/c1-9-12-16-46-40(49)36-24(7)31-19-32-26(11-3)21(4)28(42-32)20-33-35(25(8)51-17-13-10-2)23(6)30(43-33)18-29-22(5)27(14-15-34(47)48)38(44-29)37(41(46)50)39(36)45-31/h18-20,22,25,27,42-43,49-50H,9-17H2,1-8H3,(H,47,48)/t22-,25?,27-/m0/s1. The quantitative estimate of drug-likeness (QED) is 0.0816. The van der Waals surface area contributed by atoms with E-state index in [1.54, 1.807) is 4.57 Å². The summed E-state index contributed by atoms with van der Waals surface area (Å²) in [5, 5.41) is 34.0. The Morgan fingerprint density at radius 1 is 0.922 bits per heavy atom. The number of nitrogens with one attached hydrogen (secondary N) is 2. The van der Waals surface area contributed by atoms with E-state index in [-0.39, 0.29) is 36.1 Å². The van der Waals surface area contributed by atoms with Crippen LogP contribution < -0.4 is 0 Å². The van der Waals surface area contributed by atoms with Gasteiger partial charge in [-0.1, -0.05) is 40.5 Å². The molecule has 5 N–H and O–H groups in total. The second kappa shape index (κ2) is 14.6. The van der Waals surface area contributed by atoms with Gasteiger partial charge in [-0.05, 0) is 93.8 Å². The maximum Gasteiger partial charge on any atom is 0.303 e. The van der Waals surface area contributed by atoms with Crippen LogP contribution in [-0.2, 0) is 22.5 Å². The molecule has 0 aliphatic carbocycles. The fraction of sp³-hybridized carbons (Fsp3) is 0.488. The number of hydrogen-bond donors (Lipinski definition) is 5. The minimum absolute atomic E-state index is 0.0313. The van der Waals surface area contributed by atoms with Crippen LogP contribution in [0, 0.1) is 20.8 Å². The van der Waals surface area contributed by atoms with Crippen molar-refractivity contribution in [1.82, 2.24) is 24.5 Å². The number of fused-ring (bicyclic) bond motifs is 8. The summed E-state index contributed by atoms with van der Waals surface area (Å²) in [5.74, 6) is -1.48. The lowest BCUT2D eigenvalue weighted by atomic mass is 9.85. The summed E-state index contributed by atoms with van der Waals surface area (Å²) in [6.45, 7) is 17.8. The first-order chi connectivity index (χ1) is 24.4. The van der Waals surface area contributed by atoms with Gasteiger partial charge in [-0.15, -0.1) is 0 Å². The number of pyridine rings is 1.